The molecule has 1 heterocycles. The van der Waals surface area contributed by atoms with E-state index in [1.807, 2.05) is 43.3 Å². The molecule has 0 aromatic heterocycles. The van der Waals surface area contributed by atoms with Crippen LogP contribution in [0.1, 0.15) is 27.0 Å². The molecule has 0 spiro atoms. The zero-order valence-corrected chi connectivity index (χ0v) is 20.8. The van der Waals surface area contributed by atoms with Crippen molar-refractivity contribution in [3.05, 3.63) is 98.4 Å². The summed E-state index contributed by atoms with van der Waals surface area (Å²) >= 11 is 4.22. The number of hydrogen-bond acceptors (Lipinski definition) is 6. The van der Waals surface area contributed by atoms with Crippen LogP contribution in [0.4, 0.5) is 4.79 Å². The van der Waals surface area contributed by atoms with E-state index >= 15 is 0 Å². The minimum Gasteiger partial charge on any atom is -0.493 e. The van der Waals surface area contributed by atoms with Crippen molar-refractivity contribution in [2.45, 2.75) is 13.5 Å². The van der Waals surface area contributed by atoms with Crippen LogP contribution in [0.25, 0.3) is 6.08 Å². The van der Waals surface area contributed by atoms with Crippen LogP contribution in [-0.4, -0.2) is 29.1 Å². The molecule has 4 rings (SSSR count). The molecule has 0 radical (unpaired) electrons. The molecule has 3 aromatic carbocycles. The topological polar surface area (TPSA) is 72.9 Å². The highest BCUT2D eigenvalue weighted by Gasteiger charge is 2.35. The smallest absolute Gasteiger partial charge is 0.343 e. The van der Waals surface area contributed by atoms with Gasteiger partial charge in [0.1, 0.15) is 0 Å². The number of esters is 1. The fourth-order valence-electron chi connectivity index (χ4n) is 3.31. The highest BCUT2D eigenvalue weighted by Crippen LogP contribution is 2.38. The Morgan fingerprint density at radius 2 is 1.74 bits per heavy atom. The highest BCUT2D eigenvalue weighted by atomic mass is 79.9. The average molecular weight is 538 g/mol. The molecule has 0 N–H and O–H groups in total. The van der Waals surface area contributed by atoms with Gasteiger partial charge >= 0.3 is 5.97 Å². The molecule has 1 saturated heterocycles. The first-order chi connectivity index (χ1) is 16.4. The lowest BCUT2D eigenvalue weighted by molar-refractivity contribution is -0.123. The number of carbonyl (C=O) groups is 3. The minimum absolute atomic E-state index is 0.169. The maximum atomic E-state index is 13.0. The number of para-hydroxylation sites is 1. The number of imide groups is 1. The van der Waals surface area contributed by atoms with Crippen molar-refractivity contribution in [3.63, 3.8) is 0 Å². The van der Waals surface area contributed by atoms with Crippen LogP contribution >= 0.6 is 27.7 Å². The number of rotatable bonds is 6. The van der Waals surface area contributed by atoms with E-state index in [1.165, 1.54) is 12.0 Å². The van der Waals surface area contributed by atoms with E-state index in [9.17, 15) is 14.4 Å². The van der Waals surface area contributed by atoms with Gasteiger partial charge in [-0.3, -0.25) is 14.5 Å². The predicted octanol–water partition coefficient (Wildman–Crippen LogP) is 6.22. The Morgan fingerprint density at radius 1 is 1.03 bits per heavy atom. The monoisotopic (exact) mass is 537 g/mol. The molecule has 1 fully saturated rings. The first kappa shape index (κ1) is 23.8. The molecular weight excluding hydrogens is 518 g/mol. The van der Waals surface area contributed by atoms with Crippen molar-refractivity contribution in [2.75, 3.05) is 7.11 Å². The number of halogens is 1. The van der Waals surface area contributed by atoms with Crippen LogP contribution in [0.15, 0.2) is 76.1 Å². The van der Waals surface area contributed by atoms with Crippen molar-refractivity contribution in [3.8, 4) is 11.5 Å². The molecular formula is C26H20BrNO5S. The summed E-state index contributed by atoms with van der Waals surface area (Å²) in [5, 5.41) is -0.361. The molecule has 2 amide bonds. The number of hydrogen-bond donors (Lipinski definition) is 0. The molecule has 6 nitrogen and oxygen atoms in total. The highest BCUT2D eigenvalue weighted by molar-refractivity contribution is 9.10. The predicted molar refractivity (Wildman–Crippen MR) is 135 cm³/mol. The first-order valence-electron chi connectivity index (χ1n) is 10.3. The number of methoxy groups -OCH3 is 1. The molecule has 0 aliphatic carbocycles. The SMILES string of the molecule is COc1cccc(/C=C2\SC(=O)N(Cc3ccc(Br)cc3)C2=O)c1OC(=O)c1ccc(C)cc1. The van der Waals surface area contributed by atoms with Gasteiger partial charge in [0.05, 0.1) is 24.1 Å². The first-order valence-corrected chi connectivity index (χ1v) is 11.9. The van der Waals surface area contributed by atoms with E-state index in [2.05, 4.69) is 15.9 Å². The molecule has 3 aromatic rings. The number of ether oxygens (including phenoxy) is 2. The normalized spacial score (nSPS) is 14.6. The Morgan fingerprint density at radius 3 is 2.41 bits per heavy atom. The maximum Gasteiger partial charge on any atom is 0.343 e. The molecule has 0 unspecified atom stereocenters. The maximum absolute atomic E-state index is 13.0. The Bertz CT molecular complexity index is 1290. The summed E-state index contributed by atoms with van der Waals surface area (Å²) < 4.78 is 12.0. The van der Waals surface area contributed by atoms with E-state index in [-0.39, 0.29) is 22.4 Å². The summed E-state index contributed by atoms with van der Waals surface area (Å²) in [7, 11) is 1.47. The van der Waals surface area contributed by atoms with E-state index in [0.717, 1.165) is 27.4 Å². The third-order valence-electron chi connectivity index (χ3n) is 5.13. The van der Waals surface area contributed by atoms with Crippen molar-refractivity contribution >= 4 is 50.9 Å². The largest absolute Gasteiger partial charge is 0.493 e. The van der Waals surface area contributed by atoms with Gasteiger partial charge in [0, 0.05) is 10.0 Å². The number of aryl methyl sites for hydroxylation is 1. The van der Waals surface area contributed by atoms with Gasteiger partial charge in [-0.15, -0.1) is 0 Å². The Hall–Kier alpha value is -3.36. The molecule has 172 valence electrons. The number of amides is 2. The second-order valence-corrected chi connectivity index (χ2v) is 9.44. The van der Waals surface area contributed by atoms with Crippen LogP contribution < -0.4 is 9.47 Å². The zero-order chi connectivity index (χ0) is 24.2. The van der Waals surface area contributed by atoms with Gasteiger partial charge in [-0.2, -0.15) is 0 Å². The molecule has 0 atom stereocenters. The van der Waals surface area contributed by atoms with Crippen molar-refractivity contribution < 1.29 is 23.9 Å². The average Bonchev–Trinajstić information content (AvgIpc) is 3.09. The Kier molecular flexibility index (Phi) is 7.19. The summed E-state index contributed by atoms with van der Waals surface area (Å²) in [6.45, 7) is 2.10. The second-order valence-electron chi connectivity index (χ2n) is 7.53. The molecule has 0 saturated carbocycles. The number of nitrogens with zero attached hydrogens (tertiary/aromatic N) is 1. The lowest BCUT2D eigenvalue weighted by atomic mass is 10.1. The van der Waals surface area contributed by atoms with Gasteiger partial charge in [-0.05, 0) is 60.7 Å². The van der Waals surface area contributed by atoms with Gasteiger partial charge in [0.2, 0.25) is 0 Å². The number of carbonyl (C=O) groups excluding carboxylic acids is 3. The van der Waals surface area contributed by atoms with Crippen molar-refractivity contribution in [1.29, 1.82) is 0 Å². The molecule has 34 heavy (non-hydrogen) atoms. The second kappa shape index (κ2) is 10.3. The summed E-state index contributed by atoms with van der Waals surface area (Å²) in [5.74, 6) is -0.447. The lowest BCUT2D eigenvalue weighted by Gasteiger charge is -2.13. The van der Waals surface area contributed by atoms with E-state index < -0.39 is 11.9 Å². The fourth-order valence-corrected chi connectivity index (χ4v) is 4.40. The van der Waals surface area contributed by atoms with Crippen LogP contribution in [-0.2, 0) is 11.3 Å². The van der Waals surface area contributed by atoms with E-state index in [1.54, 1.807) is 36.4 Å². The van der Waals surface area contributed by atoms with Crippen LogP contribution in [0.5, 0.6) is 11.5 Å². The molecule has 1 aliphatic heterocycles. The van der Waals surface area contributed by atoms with Gasteiger partial charge in [-0.1, -0.05) is 57.9 Å². The van der Waals surface area contributed by atoms with Gasteiger partial charge in [-0.25, -0.2) is 4.79 Å². The van der Waals surface area contributed by atoms with Crippen LogP contribution in [0, 0.1) is 6.92 Å². The zero-order valence-electron chi connectivity index (χ0n) is 18.4. The van der Waals surface area contributed by atoms with Crippen molar-refractivity contribution in [1.82, 2.24) is 4.90 Å². The third-order valence-corrected chi connectivity index (χ3v) is 6.56. The van der Waals surface area contributed by atoms with Crippen molar-refractivity contribution in [2.24, 2.45) is 0 Å². The summed E-state index contributed by atoms with van der Waals surface area (Å²) in [6.07, 6.45) is 1.55. The van der Waals surface area contributed by atoms with Crippen LogP contribution in [0.3, 0.4) is 0 Å². The van der Waals surface area contributed by atoms with Crippen LogP contribution in [0.2, 0.25) is 0 Å². The van der Waals surface area contributed by atoms with Gasteiger partial charge in [0.25, 0.3) is 11.1 Å². The lowest BCUT2D eigenvalue weighted by Crippen LogP contribution is -2.27. The molecule has 0 bridgehead atoms. The van der Waals surface area contributed by atoms with Gasteiger partial charge in [0.15, 0.2) is 11.5 Å². The van der Waals surface area contributed by atoms with E-state index in [4.69, 9.17) is 9.47 Å². The summed E-state index contributed by atoms with van der Waals surface area (Å²) in [4.78, 5) is 39.7. The third kappa shape index (κ3) is 5.24. The Labute approximate surface area is 209 Å². The standard InChI is InChI=1S/C26H20BrNO5S/c1-16-6-10-18(11-7-16)25(30)33-23-19(4-3-5-21(23)32-2)14-22-24(29)28(26(31)34-22)15-17-8-12-20(27)13-9-17/h3-14H,15H2,1-2H3/b22-14-. The summed E-state index contributed by atoms with van der Waals surface area (Å²) in [5.41, 5.74) is 2.69. The van der Waals surface area contributed by atoms with E-state index in [0.29, 0.717) is 16.9 Å². The number of thioether (sulfide) groups is 1. The minimum atomic E-state index is -0.553. The molecule has 1 aliphatic rings. The quantitative estimate of drug-likeness (QED) is 0.211. The fraction of sp³-hybridized carbons (Fsp3) is 0.115. The van der Waals surface area contributed by atoms with Gasteiger partial charge < -0.3 is 9.47 Å². The molecule has 8 heteroatoms. The Balaban J connectivity index is 1.61. The number of benzene rings is 3. The summed E-state index contributed by atoms with van der Waals surface area (Å²) in [6, 6.07) is 19.5.